The predicted octanol–water partition coefficient (Wildman–Crippen LogP) is 5.38. The molecule has 2 heterocycles. The van der Waals surface area contributed by atoms with Crippen LogP contribution in [-0.4, -0.2) is 23.0 Å². The van der Waals surface area contributed by atoms with Gasteiger partial charge >= 0.3 is 0 Å². The molecule has 0 spiro atoms. The number of fused-ring (bicyclic) bond motifs is 1. The minimum atomic E-state index is 0.622. The maximum Gasteiger partial charge on any atom is 0.227 e. The first-order valence-corrected chi connectivity index (χ1v) is 8.93. The van der Waals surface area contributed by atoms with Crippen molar-refractivity contribution in [3.63, 3.8) is 0 Å². The van der Waals surface area contributed by atoms with Crippen molar-refractivity contribution in [2.24, 2.45) is 5.92 Å². The number of nitrogens with zero attached hydrogens (tertiary/aromatic N) is 2. The Morgan fingerprint density at radius 3 is 3.00 bits per heavy atom. The molecular formula is C20H21ClN2O. The Hall–Kier alpha value is -1.84. The molecule has 0 aliphatic carbocycles. The van der Waals surface area contributed by atoms with E-state index in [4.69, 9.17) is 16.0 Å². The Morgan fingerprint density at radius 1 is 1.25 bits per heavy atom. The van der Waals surface area contributed by atoms with Crippen molar-refractivity contribution in [1.82, 2.24) is 9.88 Å². The van der Waals surface area contributed by atoms with E-state index < -0.39 is 0 Å². The number of halogens is 1. The largest absolute Gasteiger partial charge is 0.436 e. The summed E-state index contributed by atoms with van der Waals surface area (Å²) >= 11 is 6.06. The number of benzene rings is 2. The average Bonchev–Trinajstić information content (AvgIpc) is 2.98. The van der Waals surface area contributed by atoms with E-state index in [-0.39, 0.29) is 0 Å². The third-order valence-corrected chi connectivity index (χ3v) is 4.91. The van der Waals surface area contributed by atoms with Crippen LogP contribution in [0.1, 0.15) is 25.3 Å². The fourth-order valence-corrected chi connectivity index (χ4v) is 3.70. The first-order valence-electron chi connectivity index (χ1n) is 8.55. The summed E-state index contributed by atoms with van der Waals surface area (Å²) in [6.45, 7) is 5.70. The fraction of sp³-hybridized carbons (Fsp3) is 0.350. The summed E-state index contributed by atoms with van der Waals surface area (Å²) in [5.41, 5.74) is 3.93. The summed E-state index contributed by atoms with van der Waals surface area (Å²) in [4.78, 5) is 7.18. The number of rotatable bonds is 3. The van der Waals surface area contributed by atoms with Crippen LogP contribution >= 0.6 is 11.6 Å². The van der Waals surface area contributed by atoms with Crippen molar-refractivity contribution in [2.75, 3.05) is 13.1 Å². The molecule has 3 aromatic rings. The molecule has 0 radical (unpaired) electrons. The Balaban J connectivity index is 1.59. The summed E-state index contributed by atoms with van der Waals surface area (Å²) in [6, 6.07) is 13.9. The molecule has 4 rings (SSSR count). The molecule has 1 saturated heterocycles. The molecule has 0 unspecified atom stereocenters. The van der Waals surface area contributed by atoms with E-state index >= 15 is 0 Å². The highest BCUT2D eigenvalue weighted by Crippen LogP contribution is 2.27. The van der Waals surface area contributed by atoms with Crippen LogP contribution in [0.25, 0.3) is 22.6 Å². The molecule has 0 saturated carbocycles. The zero-order valence-electron chi connectivity index (χ0n) is 13.8. The molecule has 1 atom stereocenters. The average molecular weight is 341 g/mol. The second kappa shape index (κ2) is 6.58. The van der Waals surface area contributed by atoms with Crippen LogP contribution in [0, 0.1) is 5.92 Å². The molecule has 4 heteroatoms. The summed E-state index contributed by atoms with van der Waals surface area (Å²) in [6.07, 6.45) is 2.65. The van der Waals surface area contributed by atoms with Gasteiger partial charge < -0.3 is 4.42 Å². The first kappa shape index (κ1) is 15.7. The molecule has 0 amide bonds. The smallest absolute Gasteiger partial charge is 0.227 e. The highest BCUT2D eigenvalue weighted by Gasteiger charge is 2.17. The highest BCUT2D eigenvalue weighted by atomic mass is 35.5. The molecular weight excluding hydrogens is 320 g/mol. The van der Waals surface area contributed by atoms with Gasteiger partial charge in [-0.2, -0.15) is 0 Å². The molecule has 124 valence electrons. The maximum absolute atomic E-state index is 6.06. The van der Waals surface area contributed by atoms with Gasteiger partial charge in [-0.25, -0.2) is 4.98 Å². The van der Waals surface area contributed by atoms with Crippen molar-refractivity contribution in [1.29, 1.82) is 0 Å². The van der Waals surface area contributed by atoms with Gasteiger partial charge in [-0.15, -0.1) is 0 Å². The van der Waals surface area contributed by atoms with Crippen LogP contribution in [0.15, 0.2) is 46.9 Å². The van der Waals surface area contributed by atoms with Gasteiger partial charge in [0.15, 0.2) is 5.58 Å². The monoisotopic (exact) mass is 340 g/mol. The minimum absolute atomic E-state index is 0.622. The van der Waals surface area contributed by atoms with Crippen LogP contribution in [0.3, 0.4) is 0 Å². The highest BCUT2D eigenvalue weighted by molar-refractivity contribution is 6.30. The molecule has 2 aromatic carbocycles. The summed E-state index contributed by atoms with van der Waals surface area (Å²) in [5.74, 6) is 1.42. The number of likely N-dealkylation sites (tertiary alicyclic amines) is 1. The molecule has 1 aromatic heterocycles. The fourth-order valence-electron chi connectivity index (χ4n) is 3.50. The Morgan fingerprint density at radius 2 is 2.17 bits per heavy atom. The number of hydrogen-bond donors (Lipinski definition) is 0. The summed E-state index contributed by atoms with van der Waals surface area (Å²) in [5, 5.41) is 0.690. The van der Waals surface area contributed by atoms with Gasteiger partial charge in [0.25, 0.3) is 0 Å². The standard InChI is InChI=1S/C20H21ClN2O/c1-14-4-3-9-23(12-14)13-15-7-8-19-18(10-15)22-20(24-19)16-5-2-6-17(21)11-16/h2,5-8,10-11,14H,3-4,9,12-13H2,1H3/t14-/m0/s1. The van der Waals surface area contributed by atoms with E-state index in [2.05, 4.69) is 28.9 Å². The number of aromatic nitrogens is 1. The lowest BCUT2D eigenvalue weighted by atomic mass is 10.00. The first-order chi connectivity index (χ1) is 11.7. The SMILES string of the molecule is C[C@H]1CCCN(Cc2ccc3oc(-c4cccc(Cl)c4)nc3c2)C1. The second-order valence-corrected chi connectivity index (χ2v) is 7.25. The van der Waals surface area contributed by atoms with Crippen molar-refractivity contribution in [3.8, 4) is 11.5 Å². The molecule has 0 N–H and O–H groups in total. The predicted molar refractivity (Wildman–Crippen MR) is 98.1 cm³/mol. The molecule has 1 aliphatic heterocycles. The van der Waals surface area contributed by atoms with Crippen molar-refractivity contribution in [2.45, 2.75) is 26.3 Å². The van der Waals surface area contributed by atoms with Gasteiger partial charge in [0.1, 0.15) is 5.52 Å². The van der Waals surface area contributed by atoms with Gasteiger partial charge in [-0.3, -0.25) is 4.90 Å². The zero-order valence-corrected chi connectivity index (χ0v) is 14.6. The molecule has 1 aliphatic rings. The number of oxazole rings is 1. The molecule has 1 fully saturated rings. The number of piperidine rings is 1. The lowest BCUT2D eigenvalue weighted by molar-refractivity contribution is 0.176. The lowest BCUT2D eigenvalue weighted by Crippen LogP contribution is -2.33. The Labute approximate surface area is 147 Å². The normalized spacial score (nSPS) is 19.0. The van der Waals surface area contributed by atoms with Gasteiger partial charge in [-0.05, 0) is 61.2 Å². The third kappa shape index (κ3) is 3.33. The zero-order chi connectivity index (χ0) is 16.5. The van der Waals surface area contributed by atoms with Crippen LogP contribution in [0.2, 0.25) is 5.02 Å². The summed E-state index contributed by atoms with van der Waals surface area (Å²) < 4.78 is 5.89. The maximum atomic E-state index is 6.06. The van der Waals surface area contributed by atoms with E-state index in [0.717, 1.165) is 29.1 Å². The van der Waals surface area contributed by atoms with E-state index in [1.165, 1.54) is 31.5 Å². The van der Waals surface area contributed by atoms with Crippen LogP contribution in [0.5, 0.6) is 0 Å². The molecule has 0 bridgehead atoms. The van der Waals surface area contributed by atoms with Crippen LogP contribution in [0.4, 0.5) is 0 Å². The Kier molecular flexibility index (Phi) is 4.30. The molecule has 3 nitrogen and oxygen atoms in total. The van der Waals surface area contributed by atoms with Gasteiger partial charge in [0.05, 0.1) is 0 Å². The van der Waals surface area contributed by atoms with Crippen molar-refractivity contribution < 1.29 is 4.42 Å². The van der Waals surface area contributed by atoms with Crippen LogP contribution < -0.4 is 0 Å². The van der Waals surface area contributed by atoms with Gasteiger partial charge in [0, 0.05) is 23.7 Å². The number of hydrogen-bond acceptors (Lipinski definition) is 3. The Bertz CT molecular complexity index is 858. The van der Waals surface area contributed by atoms with Crippen molar-refractivity contribution in [3.05, 3.63) is 53.1 Å². The topological polar surface area (TPSA) is 29.3 Å². The van der Waals surface area contributed by atoms with E-state index in [9.17, 15) is 0 Å². The lowest BCUT2D eigenvalue weighted by Gasteiger charge is -2.30. The summed E-state index contributed by atoms with van der Waals surface area (Å²) in [7, 11) is 0. The third-order valence-electron chi connectivity index (χ3n) is 4.67. The van der Waals surface area contributed by atoms with E-state index in [1.54, 1.807) is 0 Å². The minimum Gasteiger partial charge on any atom is -0.436 e. The second-order valence-electron chi connectivity index (χ2n) is 6.81. The van der Waals surface area contributed by atoms with Gasteiger partial charge in [-0.1, -0.05) is 30.7 Å². The van der Waals surface area contributed by atoms with Gasteiger partial charge in [0.2, 0.25) is 5.89 Å². The quantitative estimate of drug-likeness (QED) is 0.641. The molecule has 24 heavy (non-hydrogen) atoms. The van der Waals surface area contributed by atoms with Crippen molar-refractivity contribution >= 4 is 22.7 Å². The van der Waals surface area contributed by atoms with E-state index in [1.807, 2.05) is 30.3 Å². The van der Waals surface area contributed by atoms with Crippen LogP contribution in [-0.2, 0) is 6.54 Å². The van der Waals surface area contributed by atoms with E-state index in [0.29, 0.717) is 10.9 Å².